The molecular formula is C30H30ClNO7S2. The number of ether oxygens (including phenoxy) is 1. The second-order valence-corrected chi connectivity index (χ2v) is 15.4. The first-order valence-electron chi connectivity index (χ1n) is 13.1. The normalized spacial score (nSPS) is 21.8. The molecule has 216 valence electrons. The minimum Gasteiger partial charge on any atom is -0.449 e. The Morgan fingerprint density at radius 2 is 1.63 bits per heavy atom. The Bertz CT molecular complexity index is 1770. The van der Waals surface area contributed by atoms with Crippen LogP contribution in [-0.4, -0.2) is 64.7 Å². The van der Waals surface area contributed by atoms with E-state index in [0.717, 1.165) is 18.1 Å². The van der Waals surface area contributed by atoms with Gasteiger partial charge in [-0.15, -0.1) is 0 Å². The van der Waals surface area contributed by atoms with E-state index in [2.05, 4.69) is 0 Å². The van der Waals surface area contributed by atoms with Crippen LogP contribution in [0, 0.1) is 6.92 Å². The molecule has 11 heteroatoms. The van der Waals surface area contributed by atoms with Gasteiger partial charge in [-0.2, -0.15) is 0 Å². The molecule has 8 nitrogen and oxygen atoms in total. The molecule has 3 aromatic rings. The van der Waals surface area contributed by atoms with Crippen molar-refractivity contribution < 1.29 is 31.2 Å². The fourth-order valence-electron chi connectivity index (χ4n) is 5.69. The van der Waals surface area contributed by atoms with Crippen molar-refractivity contribution in [3.8, 4) is 11.1 Å². The lowest BCUT2D eigenvalue weighted by Crippen LogP contribution is -2.52. The van der Waals surface area contributed by atoms with E-state index >= 15 is 0 Å². The van der Waals surface area contributed by atoms with Crippen LogP contribution in [0.25, 0.3) is 11.1 Å². The zero-order chi connectivity index (χ0) is 29.7. The summed E-state index contributed by atoms with van der Waals surface area (Å²) in [6, 6.07) is 16.5. The molecule has 1 spiro atoms. The lowest BCUT2D eigenvalue weighted by atomic mass is 9.81. The number of esters is 1. The van der Waals surface area contributed by atoms with E-state index in [0.29, 0.717) is 53.2 Å². The lowest BCUT2D eigenvalue weighted by Gasteiger charge is -2.38. The van der Waals surface area contributed by atoms with Crippen LogP contribution in [0.2, 0.25) is 5.02 Å². The summed E-state index contributed by atoms with van der Waals surface area (Å²) in [4.78, 5) is 29.5. The molecule has 2 aliphatic rings. The smallest absolute Gasteiger partial charge is 0.322 e. The summed E-state index contributed by atoms with van der Waals surface area (Å²) in [6.07, 6.45) is 3.37. The van der Waals surface area contributed by atoms with Crippen LogP contribution in [-0.2, 0) is 40.5 Å². The van der Waals surface area contributed by atoms with Crippen molar-refractivity contribution in [1.29, 1.82) is 0 Å². The summed E-state index contributed by atoms with van der Waals surface area (Å²) in [5, 5.41) is 0.292. The highest BCUT2D eigenvalue weighted by Crippen LogP contribution is 2.43. The van der Waals surface area contributed by atoms with Crippen LogP contribution in [0.5, 0.6) is 0 Å². The number of ketones is 1. The molecule has 0 N–H and O–H groups in total. The second kappa shape index (κ2) is 10.7. The van der Waals surface area contributed by atoms with E-state index in [9.17, 15) is 26.4 Å². The molecule has 0 radical (unpaired) electrons. The topological polar surface area (TPSA) is 115 Å². The minimum absolute atomic E-state index is 0.164. The van der Waals surface area contributed by atoms with Gasteiger partial charge < -0.3 is 4.74 Å². The van der Waals surface area contributed by atoms with Crippen molar-refractivity contribution in [2.75, 3.05) is 25.6 Å². The number of halogens is 1. The number of aryl methyl sites for hydroxylation is 1. The fraction of sp³-hybridized carbons (Fsp3) is 0.333. The van der Waals surface area contributed by atoms with Gasteiger partial charge >= 0.3 is 5.97 Å². The quantitative estimate of drug-likeness (QED) is 0.297. The molecule has 0 saturated carbocycles. The Kier molecular flexibility index (Phi) is 7.65. The summed E-state index contributed by atoms with van der Waals surface area (Å²) < 4.78 is 53.5. The fourth-order valence-corrected chi connectivity index (χ4v) is 7.27. The van der Waals surface area contributed by atoms with Crippen molar-refractivity contribution in [3.63, 3.8) is 0 Å². The Morgan fingerprint density at radius 1 is 0.951 bits per heavy atom. The van der Waals surface area contributed by atoms with Gasteiger partial charge in [0, 0.05) is 36.2 Å². The number of sulfone groups is 2. The number of nitrogens with zero attached hydrogens (tertiary/aromatic N) is 1. The molecule has 2 saturated heterocycles. The van der Waals surface area contributed by atoms with Crippen molar-refractivity contribution >= 4 is 43.0 Å². The number of piperidine rings is 1. The molecule has 2 atom stereocenters. The number of hydrogen-bond acceptors (Lipinski definition) is 8. The second-order valence-electron chi connectivity index (χ2n) is 10.9. The van der Waals surface area contributed by atoms with Gasteiger partial charge in [-0.25, -0.2) is 16.8 Å². The number of benzene rings is 3. The van der Waals surface area contributed by atoms with E-state index in [4.69, 9.17) is 16.3 Å². The average molecular weight is 616 g/mol. The Morgan fingerprint density at radius 3 is 2.29 bits per heavy atom. The van der Waals surface area contributed by atoms with E-state index in [1.807, 2.05) is 4.90 Å². The first-order chi connectivity index (χ1) is 19.2. The van der Waals surface area contributed by atoms with Gasteiger partial charge in [0.25, 0.3) is 0 Å². The van der Waals surface area contributed by atoms with Crippen molar-refractivity contribution in [2.24, 2.45) is 0 Å². The maximum absolute atomic E-state index is 13.9. The van der Waals surface area contributed by atoms with E-state index in [-0.39, 0.29) is 22.1 Å². The van der Waals surface area contributed by atoms with Gasteiger partial charge in [-0.3, -0.25) is 14.5 Å². The van der Waals surface area contributed by atoms with E-state index < -0.39 is 37.2 Å². The monoisotopic (exact) mass is 615 g/mol. The lowest BCUT2D eigenvalue weighted by molar-refractivity contribution is -0.157. The van der Waals surface area contributed by atoms with Crippen molar-refractivity contribution in [2.45, 2.75) is 47.6 Å². The van der Waals surface area contributed by atoms with Crippen LogP contribution < -0.4 is 0 Å². The summed E-state index contributed by atoms with van der Waals surface area (Å²) in [7, 11) is -6.72. The van der Waals surface area contributed by atoms with Gasteiger partial charge in [0.1, 0.15) is 5.92 Å². The summed E-state index contributed by atoms with van der Waals surface area (Å²) >= 11 is 6.65. The first-order valence-corrected chi connectivity index (χ1v) is 17.2. The molecule has 0 amide bonds. The predicted molar refractivity (Wildman–Crippen MR) is 155 cm³/mol. The summed E-state index contributed by atoms with van der Waals surface area (Å²) in [6.45, 7) is 3.21. The third kappa shape index (κ3) is 5.83. The maximum atomic E-state index is 13.9. The number of rotatable bonds is 6. The third-order valence-corrected chi connectivity index (χ3v) is 10.3. The molecule has 2 heterocycles. The number of hydrogen-bond donors (Lipinski definition) is 0. The predicted octanol–water partition coefficient (Wildman–Crippen LogP) is 4.37. The average Bonchev–Trinajstić information content (AvgIpc) is 3.12. The Hall–Kier alpha value is -3.05. The van der Waals surface area contributed by atoms with E-state index in [1.54, 1.807) is 61.5 Å². The number of likely N-dealkylation sites (tertiary alicyclic amines) is 1. The Balaban J connectivity index is 1.39. The highest BCUT2D eigenvalue weighted by atomic mass is 35.5. The zero-order valence-corrected chi connectivity index (χ0v) is 25.3. The molecule has 0 aromatic heterocycles. The zero-order valence-electron chi connectivity index (χ0n) is 22.9. The minimum atomic E-state index is -3.42. The SMILES string of the molecule is Cc1cc(-c2cccc(S(C)(=O)=O)c2)c(Cl)cc1C1C(=O)OC2(CCCN(Cc3ccc(S(C)(=O)=O)cc3)C2)C1=O. The molecule has 2 unspecified atom stereocenters. The standard InChI is InChI=1S/C30H30ClNO7S2/c1-19-14-25(21-6-4-7-23(15-21)41(3,37)38)26(31)16-24(19)27-28(33)30(39-29(27)34)12-5-13-32(18-30)17-20-8-10-22(11-9-20)40(2,35)36/h4,6-11,14-16,27H,5,12-13,17-18H2,1-3H3. The van der Waals surface area contributed by atoms with Crippen molar-refractivity contribution in [1.82, 2.24) is 4.90 Å². The van der Waals surface area contributed by atoms with Gasteiger partial charge in [0.05, 0.1) is 9.79 Å². The molecular weight excluding hydrogens is 586 g/mol. The van der Waals surface area contributed by atoms with Gasteiger partial charge in [-0.05, 0) is 85.0 Å². The van der Waals surface area contributed by atoms with Crippen molar-refractivity contribution in [3.05, 3.63) is 82.4 Å². The molecule has 2 fully saturated rings. The van der Waals surface area contributed by atoms with Crippen LogP contribution in [0.4, 0.5) is 0 Å². The third-order valence-electron chi connectivity index (χ3n) is 7.77. The van der Waals surface area contributed by atoms with Gasteiger partial charge in [-0.1, -0.05) is 35.9 Å². The van der Waals surface area contributed by atoms with Crippen LogP contribution >= 0.6 is 11.6 Å². The molecule has 3 aromatic carbocycles. The molecule has 0 aliphatic carbocycles. The summed E-state index contributed by atoms with van der Waals surface area (Å²) in [5.74, 6) is -2.02. The highest BCUT2D eigenvalue weighted by Gasteiger charge is 2.57. The molecule has 0 bridgehead atoms. The van der Waals surface area contributed by atoms with Crippen LogP contribution in [0.15, 0.2) is 70.5 Å². The number of Topliss-reactive ketones (excluding diaryl/α,β-unsaturated/α-hetero) is 1. The molecule has 41 heavy (non-hydrogen) atoms. The van der Waals surface area contributed by atoms with Crippen LogP contribution in [0.3, 0.4) is 0 Å². The highest BCUT2D eigenvalue weighted by molar-refractivity contribution is 7.91. The largest absolute Gasteiger partial charge is 0.449 e. The summed E-state index contributed by atoms with van der Waals surface area (Å²) in [5.41, 5.74) is 1.96. The maximum Gasteiger partial charge on any atom is 0.322 e. The van der Waals surface area contributed by atoms with Gasteiger partial charge in [0.15, 0.2) is 31.1 Å². The first kappa shape index (κ1) is 29.4. The number of carbonyl (C=O) groups is 2. The van der Waals surface area contributed by atoms with Crippen LogP contribution in [0.1, 0.15) is 35.4 Å². The van der Waals surface area contributed by atoms with E-state index in [1.165, 1.54) is 6.07 Å². The molecule has 5 rings (SSSR count). The number of carbonyl (C=O) groups excluding carboxylic acids is 2. The molecule has 2 aliphatic heterocycles. The Labute approximate surface area is 245 Å². The van der Waals surface area contributed by atoms with Gasteiger partial charge in [0.2, 0.25) is 0 Å².